The van der Waals surface area contributed by atoms with Crippen molar-refractivity contribution in [2.45, 2.75) is 46.5 Å². The van der Waals surface area contributed by atoms with Gasteiger partial charge in [0.05, 0.1) is 0 Å². The minimum Gasteiger partial charge on any atom is -0.461 e. The average Bonchev–Trinajstić information content (AvgIpc) is 2.12. The van der Waals surface area contributed by atoms with E-state index in [1.807, 2.05) is 13.8 Å². The van der Waals surface area contributed by atoms with Crippen molar-refractivity contribution in [1.82, 2.24) is 0 Å². The highest BCUT2D eigenvalue weighted by molar-refractivity contribution is 5.69. The van der Waals surface area contributed by atoms with Gasteiger partial charge in [-0.2, -0.15) is 0 Å². The minimum atomic E-state index is -0.0910. The maximum Gasteiger partial charge on any atom is 0.306 e. The quantitative estimate of drug-likeness (QED) is 0.468. The van der Waals surface area contributed by atoms with Gasteiger partial charge in [0, 0.05) is 6.42 Å². The summed E-state index contributed by atoms with van der Waals surface area (Å²) in [5.41, 5.74) is 1.14. The molecule has 76 valence electrons. The molecule has 0 aliphatic carbocycles. The van der Waals surface area contributed by atoms with Gasteiger partial charge < -0.3 is 4.74 Å². The van der Waals surface area contributed by atoms with E-state index < -0.39 is 0 Å². The van der Waals surface area contributed by atoms with Gasteiger partial charge in [-0.3, -0.25) is 4.79 Å². The van der Waals surface area contributed by atoms with Gasteiger partial charge in [0.15, 0.2) is 0 Å². The number of hydrogen-bond donors (Lipinski definition) is 0. The van der Waals surface area contributed by atoms with E-state index >= 15 is 0 Å². The van der Waals surface area contributed by atoms with Crippen molar-refractivity contribution in [3.05, 3.63) is 11.6 Å². The zero-order valence-corrected chi connectivity index (χ0v) is 8.93. The molecular weight excluding hydrogens is 164 g/mol. The lowest BCUT2D eigenvalue weighted by molar-refractivity contribution is -0.142. The van der Waals surface area contributed by atoms with E-state index in [-0.39, 0.29) is 5.97 Å². The van der Waals surface area contributed by atoms with Crippen LogP contribution in [0.2, 0.25) is 0 Å². The Labute approximate surface area is 81.0 Å². The molecule has 0 heterocycles. The largest absolute Gasteiger partial charge is 0.461 e. The Bertz CT molecular complexity index is 171. The van der Waals surface area contributed by atoms with Crippen LogP contribution in [0.3, 0.4) is 0 Å². The van der Waals surface area contributed by atoms with E-state index in [1.54, 1.807) is 0 Å². The molecule has 0 N–H and O–H groups in total. The molecule has 0 saturated carbocycles. The first-order chi connectivity index (χ1) is 6.20. The monoisotopic (exact) mass is 184 g/mol. The third-order valence-corrected chi connectivity index (χ3v) is 1.70. The third-order valence-electron chi connectivity index (χ3n) is 1.70. The zero-order valence-electron chi connectivity index (χ0n) is 8.93. The molecule has 0 spiro atoms. The third kappa shape index (κ3) is 7.57. The van der Waals surface area contributed by atoms with E-state index in [0.29, 0.717) is 13.0 Å². The maximum atomic E-state index is 11.0. The van der Waals surface area contributed by atoms with Crippen molar-refractivity contribution in [2.24, 2.45) is 0 Å². The van der Waals surface area contributed by atoms with Crippen molar-refractivity contribution in [3.8, 4) is 0 Å². The summed E-state index contributed by atoms with van der Waals surface area (Å²) < 4.78 is 5.03. The lowest BCUT2D eigenvalue weighted by Crippen LogP contribution is -2.05. The molecule has 0 amide bonds. The Hall–Kier alpha value is -0.790. The van der Waals surface area contributed by atoms with Crippen LogP contribution in [-0.2, 0) is 9.53 Å². The van der Waals surface area contributed by atoms with Gasteiger partial charge in [-0.15, -0.1) is 0 Å². The van der Waals surface area contributed by atoms with Crippen LogP contribution in [0.25, 0.3) is 0 Å². The molecule has 0 fully saturated rings. The van der Waals surface area contributed by atoms with Crippen LogP contribution in [0.15, 0.2) is 11.6 Å². The molecule has 0 saturated heterocycles. The number of carbonyl (C=O) groups excluding carboxylic acids is 1. The number of unbranched alkanes of at least 4 members (excludes halogenated alkanes) is 1. The van der Waals surface area contributed by atoms with Gasteiger partial charge in [-0.25, -0.2) is 0 Å². The summed E-state index contributed by atoms with van der Waals surface area (Å²) in [6, 6.07) is 0. The summed E-state index contributed by atoms with van der Waals surface area (Å²) in [4.78, 5) is 11.0. The first-order valence-electron chi connectivity index (χ1n) is 5.02. The summed E-state index contributed by atoms with van der Waals surface area (Å²) in [6.07, 6.45) is 5.72. The highest BCUT2D eigenvalue weighted by Crippen LogP contribution is 2.00. The Morgan fingerprint density at radius 3 is 2.54 bits per heavy atom. The molecule has 0 radical (unpaired) electrons. The molecule has 0 rings (SSSR count). The summed E-state index contributed by atoms with van der Waals surface area (Å²) in [6.45, 7) is 6.56. The molecule has 0 unspecified atom stereocenters. The lowest BCUT2D eigenvalue weighted by Gasteiger charge is -2.03. The van der Waals surface area contributed by atoms with Crippen LogP contribution in [0, 0.1) is 0 Å². The van der Waals surface area contributed by atoms with Crippen LogP contribution in [0.4, 0.5) is 0 Å². The van der Waals surface area contributed by atoms with Crippen molar-refractivity contribution < 1.29 is 9.53 Å². The summed E-state index contributed by atoms with van der Waals surface area (Å²) >= 11 is 0. The Morgan fingerprint density at radius 1 is 1.31 bits per heavy atom. The normalized spacial score (nSPS) is 11.5. The molecule has 0 atom stereocenters. The second-order valence-electron chi connectivity index (χ2n) is 3.25. The molecule has 2 heteroatoms. The number of ether oxygens (including phenoxy) is 1. The van der Waals surface area contributed by atoms with Gasteiger partial charge in [-0.05, 0) is 25.3 Å². The van der Waals surface area contributed by atoms with Gasteiger partial charge in [-0.1, -0.05) is 26.3 Å². The fourth-order valence-electron chi connectivity index (χ4n) is 0.920. The number of hydrogen-bond acceptors (Lipinski definition) is 2. The number of esters is 1. The second kappa shape index (κ2) is 7.84. The Balaban J connectivity index is 3.56. The molecule has 2 nitrogen and oxygen atoms in total. The van der Waals surface area contributed by atoms with Gasteiger partial charge in [0.1, 0.15) is 6.61 Å². The average molecular weight is 184 g/mol. The summed E-state index contributed by atoms with van der Waals surface area (Å²) in [5.74, 6) is -0.0910. The fraction of sp³-hybridized carbons (Fsp3) is 0.727. The standard InChI is InChI=1S/C11H20O2/c1-4-6-8-10(3)9-13-11(12)7-5-2/h8H,4-7,9H2,1-3H3/b10-8+. The van der Waals surface area contributed by atoms with Crippen LogP contribution in [0.5, 0.6) is 0 Å². The fourth-order valence-corrected chi connectivity index (χ4v) is 0.920. The first-order valence-corrected chi connectivity index (χ1v) is 5.02. The van der Waals surface area contributed by atoms with Crippen molar-refractivity contribution in [3.63, 3.8) is 0 Å². The van der Waals surface area contributed by atoms with E-state index in [0.717, 1.165) is 24.8 Å². The van der Waals surface area contributed by atoms with Crippen LogP contribution < -0.4 is 0 Å². The molecule has 0 bridgehead atoms. The SMILES string of the molecule is CCC/C=C(\C)COC(=O)CCC. The second-order valence-corrected chi connectivity index (χ2v) is 3.25. The van der Waals surface area contributed by atoms with Crippen molar-refractivity contribution in [1.29, 1.82) is 0 Å². The van der Waals surface area contributed by atoms with E-state index in [2.05, 4.69) is 13.0 Å². The van der Waals surface area contributed by atoms with Crippen molar-refractivity contribution in [2.75, 3.05) is 6.61 Å². The molecule has 0 aromatic heterocycles. The highest BCUT2D eigenvalue weighted by atomic mass is 16.5. The maximum absolute atomic E-state index is 11.0. The van der Waals surface area contributed by atoms with Crippen LogP contribution in [-0.4, -0.2) is 12.6 Å². The zero-order chi connectivity index (χ0) is 10.1. The van der Waals surface area contributed by atoms with E-state index in [1.165, 1.54) is 0 Å². The molecule has 0 aromatic carbocycles. The lowest BCUT2D eigenvalue weighted by atomic mass is 10.2. The molecule has 0 aliphatic heterocycles. The van der Waals surface area contributed by atoms with Crippen LogP contribution >= 0.6 is 0 Å². The van der Waals surface area contributed by atoms with Crippen LogP contribution in [0.1, 0.15) is 46.5 Å². The molecular formula is C11H20O2. The van der Waals surface area contributed by atoms with Gasteiger partial charge in [0.2, 0.25) is 0 Å². The molecule has 0 aliphatic rings. The Morgan fingerprint density at radius 2 is 2.00 bits per heavy atom. The van der Waals surface area contributed by atoms with Crippen molar-refractivity contribution >= 4 is 5.97 Å². The predicted molar refractivity (Wildman–Crippen MR) is 54.5 cm³/mol. The summed E-state index contributed by atoms with van der Waals surface area (Å²) in [5, 5.41) is 0. The van der Waals surface area contributed by atoms with E-state index in [4.69, 9.17) is 4.74 Å². The number of carbonyl (C=O) groups is 1. The minimum absolute atomic E-state index is 0.0910. The highest BCUT2D eigenvalue weighted by Gasteiger charge is 1.99. The topological polar surface area (TPSA) is 26.3 Å². The van der Waals surface area contributed by atoms with Gasteiger partial charge >= 0.3 is 5.97 Å². The summed E-state index contributed by atoms with van der Waals surface area (Å²) in [7, 11) is 0. The predicted octanol–water partition coefficient (Wildman–Crippen LogP) is 3.08. The smallest absolute Gasteiger partial charge is 0.306 e. The van der Waals surface area contributed by atoms with Gasteiger partial charge in [0.25, 0.3) is 0 Å². The first kappa shape index (κ1) is 12.2. The molecule has 0 aromatic rings. The molecule has 13 heavy (non-hydrogen) atoms. The Kier molecular flexibility index (Phi) is 7.36. The van der Waals surface area contributed by atoms with E-state index in [9.17, 15) is 4.79 Å². The number of allylic oxidation sites excluding steroid dienone is 1. The number of rotatable bonds is 6.